The molecule has 0 atom stereocenters. The number of hydrogen-bond acceptors (Lipinski definition) is 4. The molecular formula is C14H18ClNO4S. The van der Waals surface area contributed by atoms with Crippen LogP contribution in [0.2, 0.25) is 5.02 Å². The maximum absolute atomic E-state index is 12.6. The Kier molecular flexibility index (Phi) is 5.95. The molecule has 0 spiro atoms. The highest BCUT2D eigenvalue weighted by molar-refractivity contribution is 7.89. The largest absolute Gasteiger partial charge is 0.465 e. The summed E-state index contributed by atoms with van der Waals surface area (Å²) in [4.78, 5) is 11.4. The molecule has 0 amide bonds. The van der Waals surface area contributed by atoms with Gasteiger partial charge in [-0.2, -0.15) is 4.31 Å². The first-order valence-corrected chi connectivity index (χ1v) is 8.08. The number of carbonyl (C=O) groups is 1. The standard InChI is InChI=1S/C14H18ClNO4S/c1-5-16(9-10(2)3)21(18,19)13-8-11(14(17)20-4)6-7-12(13)15/h6-8H,2,5,9H2,1,3-4H3. The van der Waals surface area contributed by atoms with Crippen molar-refractivity contribution in [2.45, 2.75) is 18.7 Å². The number of methoxy groups -OCH3 is 1. The maximum Gasteiger partial charge on any atom is 0.337 e. The summed E-state index contributed by atoms with van der Waals surface area (Å²) < 4.78 is 31.1. The smallest absolute Gasteiger partial charge is 0.337 e. The minimum Gasteiger partial charge on any atom is -0.465 e. The average Bonchev–Trinajstić information content (AvgIpc) is 2.43. The summed E-state index contributed by atoms with van der Waals surface area (Å²) in [5.74, 6) is -0.619. The average molecular weight is 332 g/mol. The van der Waals surface area contributed by atoms with Crippen LogP contribution in [0.1, 0.15) is 24.2 Å². The highest BCUT2D eigenvalue weighted by Gasteiger charge is 2.26. The van der Waals surface area contributed by atoms with Gasteiger partial charge in [-0.15, -0.1) is 0 Å². The minimum atomic E-state index is -3.81. The van der Waals surface area contributed by atoms with Gasteiger partial charge in [0.1, 0.15) is 4.90 Å². The summed E-state index contributed by atoms with van der Waals surface area (Å²) in [6.07, 6.45) is 0. The predicted molar refractivity (Wildman–Crippen MR) is 82.0 cm³/mol. The van der Waals surface area contributed by atoms with Crippen molar-refractivity contribution in [1.29, 1.82) is 0 Å². The van der Waals surface area contributed by atoms with Crippen LogP contribution >= 0.6 is 11.6 Å². The molecule has 0 fully saturated rings. The zero-order chi connectivity index (χ0) is 16.2. The van der Waals surface area contributed by atoms with Gasteiger partial charge in [-0.25, -0.2) is 13.2 Å². The number of carbonyl (C=O) groups excluding carboxylic acids is 1. The number of halogens is 1. The third kappa shape index (κ3) is 4.06. The van der Waals surface area contributed by atoms with E-state index in [0.29, 0.717) is 5.57 Å². The van der Waals surface area contributed by atoms with Gasteiger partial charge in [0.15, 0.2) is 0 Å². The molecule has 0 radical (unpaired) electrons. The third-order valence-electron chi connectivity index (χ3n) is 2.77. The van der Waals surface area contributed by atoms with Gasteiger partial charge in [-0.3, -0.25) is 0 Å². The lowest BCUT2D eigenvalue weighted by atomic mass is 10.2. The Balaban J connectivity index is 3.35. The van der Waals surface area contributed by atoms with Crippen LogP contribution < -0.4 is 0 Å². The van der Waals surface area contributed by atoms with Crippen LogP contribution in [0.5, 0.6) is 0 Å². The molecule has 0 saturated carbocycles. The summed E-state index contributed by atoms with van der Waals surface area (Å²) in [6.45, 7) is 7.64. The van der Waals surface area contributed by atoms with Crippen molar-refractivity contribution in [2.24, 2.45) is 0 Å². The van der Waals surface area contributed by atoms with Gasteiger partial charge in [0.05, 0.1) is 17.7 Å². The van der Waals surface area contributed by atoms with Gasteiger partial charge >= 0.3 is 5.97 Å². The molecular weight excluding hydrogens is 314 g/mol. The Morgan fingerprint density at radius 2 is 2.05 bits per heavy atom. The van der Waals surface area contributed by atoms with Crippen LogP contribution in [0.4, 0.5) is 0 Å². The number of esters is 1. The number of benzene rings is 1. The highest BCUT2D eigenvalue weighted by atomic mass is 35.5. The lowest BCUT2D eigenvalue weighted by Gasteiger charge is -2.21. The Bertz CT molecular complexity index is 655. The summed E-state index contributed by atoms with van der Waals surface area (Å²) in [7, 11) is -2.58. The van der Waals surface area contributed by atoms with Crippen LogP contribution in [-0.2, 0) is 14.8 Å². The second-order valence-electron chi connectivity index (χ2n) is 4.53. The molecule has 0 saturated heterocycles. The predicted octanol–water partition coefficient (Wildman–Crippen LogP) is 2.71. The molecule has 0 aliphatic rings. The lowest BCUT2D eigenvalue weighted by molar-refractivity contribution is 0.0600. The van der Waals surface area contributed by atoms with E-state index < -0.39 is 16.0 Å². The van der Waals surface area contributed by atoms with Crippen LogP contribution in [0.15, 0.2) is 35.2 Å². The molecule has 0 aromatic heterocycles. The second kappa shape index (κ2) is 7.06. The molecule has 0 unspecified atom stereocenters. The van der Waals surface area contributed by atoms with Gasteiger partial charge in [-0.05, 0) is 25.1 Å². The van der Waals surface area contributed by atoms with E-state index in [1.807, 2.05) is 0 Å². The topological polar surface area (TPSA) is 63.7 Å². The van der Waals surface area contributed by atoms with E-state index in [2.05, 4.69) is 11.3 Å². The van der Waals surface area contributed by atoms with Crippen molar-refractivity contribution in [3.8, 4) is 0 Å². The monoisotopic (exact) mass is 331 g/mol. The molecule has 21 heavy (non-hydrogen) atoms. The Morgan fingerprint density at radius 3 is 2.52 bits per heavy atom. The molecule has 0 N–H and O–H groups in total. The van der Waals surface area contributed by atoms with Crippen LogP contribution in [-0.4, -0.2) is 38.9 Å². The van der Waals surface area contributed by atoms with Gasteiger partial charge in [0.25, 0.3) is 0 Å². The number of ether oxygens (including phenoxy) is 1. The summed E-state index contributed by atoms with van der Waals surface area (Å²) >= 11 is 5.99. The van der Waals surface area contributed by atoms with Crippen molar-refractivity contribution in [2.75, 3.05) is 20.2 Å². The molecule has 7 heteroatoms. The first kappa shape index (κ1) is 17.7. The molecule has 0 aliphatic carbocycles. The van der Waals surface area contributed by atoms with Gasteiger partial charge in [0, 0.05) is 13.1 Å². The number of hydrogen-bond donors (Lipinski definition) is 0. The van der Waals surface area contributed by atoms with Crippen molar-refractivity contribution in [3.63, 3.8) is 0 Å². The SMILES string of the molecule is C=C(C)CN(CC)S(=O)(=O)c1cc(C(=O)OC)ccc1Cl. The van der Waals surface area contributed by atoms with E-state index in [-0.39, 0.29) is 28.6 Å². The Hall–Kier alpha value is -1.37. The lowest BCUT2D eigenvalue weighted by Crippen LogP contribution is -2.32. The van der Waals surface area contributed by atoms with Crippen LogP contribution in [0, 0.1) is 0 Å². The summed E-state index contributed by atoms with van der Waals surface area (Å²) in [5, 5.41) is 0.0582. The fraction of sp³-hybridized carbons (Fsp3) is 0.357. The number of likely N-dealkylation sites (N-methyl/N-ethyl adjacent to an activating group) is 1. The zero-order valence-corrected chi connectivity index (χ0v) is 13.8. The van der Waals surface area contributed by atoms with Gasteiger partial charge in [0.2, 0.25) is 10.0 Å². The van der Waals surface area contributed by atoms with Crippen molar-refractivity contribution < 1.29 is 17.9 Å². The summed E-state index contributed by atoms with van der Waals surface area (Å²) in [6, 6.07) is 4.02. The van der Waals surface area contributed by atoms with E-state index in [1.165, 1.54) is 29.6 Å². The quantitative estimate of drug-likeness (QED) is 0.594. The van der Waals surface area contributed by atoms with E-state index in [9.17, 15) is 13.2 Å². The molecule has 0 aliphatic heterocycles. The molecule has 1 rings (SSSR count). The number of rotatable bonds is 6. The first-order valence-electron chi connectivity index (χ1n) is 6.26. The molecule has 116 valence electrons. The molecule has 0 bridgehead atoms. The van der Waals surface area contributed by atoms with Crippen LogP contribution in [0.3, 0.4) is 0 Å². The zero-order valence-electron chi connectivity index (χ0n) is 12.2. The van der Waals surface area contributed by atoms with Gasteiger partial charge < -0.3 is 4.74 Å². The number of sulfonamides is 1. The fourth-order valence-electron chi connectivity index (χ4n) is 1.75. The summed E-state index contributed by atoms with van der Waals surface area (Å²) in [5.41, 5.74) is 0.840. The van der Waals surface area contributed by atoms with E-state index in [1.54, 1.807) is 13.8 Å². The maximum atomic E-state index is 12.6. The highest BCUT2D eigenvalue weighted by Crippen LogP contribution is 2.26. The second-order valence-corrected chi connectivity index (χ2v) is 6.84. The van der Waals surface area contributed by atoms with Crippen molar-refractivity contribution in [3.05, 3.63) is 40.9 Å². The normalized spacial score (nSPS) is 11.5. The number of nitrogens with zero attached hydrogens (tertiary/aromatic N) is 1. The molecule has 1 aromatic carbocycles. The van der Waals surface area contributed by atoms with Crippen molar-refractivity contribution >= 4 is 27.6 Å². The Labute approximate surface area is 130 Å². The first-order chi connectivity index (χ1) is 9.73. The minimum absolute atomic E-state index is 0.0582. The molecule has 0 heterocycles. The third-order valence-corrected chi connectivity index (χ3v) is 5.17. The molecule has 5 nitrogen and oxygen atoms in total. The van der Waals surface area contributed by atoms with Gasteiger partial charge in [-0.1, -0.05) is 30.7 Å². The van der Waals surface area contributed by atoms with E-state index in [0.717, 1.165) is 0 Å². The molecule has 1 aromatic rings. The van der Waals surface area contributed by atoms with E-state index >= 15 is 0 Å². The fourth-order valence-corrected chi connectivity index (χ4v) is 3.76. The van der Waals surface area contributed by atoms with E-state index in [4.69, 9.17) is 11.6 Å². The van der Waals surface area contributed by atoms with Crippen molar-refractivity contribution in [1.82, 2.24) is 4.31 Å². The van der Waals surface area contributed by atoms with Crippen LogP contribution in [0.25, 0.3) is 0 Å². The Morgan fingerprint density at radius 1 is 1.43 bits per heavy atom.